The lowest BCUT2D eigenvalue weighted by Crippen LogP contribution is -2.48. The van der Waals surface area contributed by atoms with Crippen LogP contribution in [0.15, 0.2) is 54.6 Å². The van der Waals surface area contributed by atoms with Gasteiger partial charge in [0.1, 0.15) is 6.17 Å². The van der Waals surface area contributed by atoms with Crippen LogP contribution in [0.5, 0.6) is 0 Å². The van der Waals surface area contributed by atoms with E-state index < -0.39 is 15.9 Å². The van der Waals surface area contributed by atoms with E-state index in [2.05, 4.69) is 10.6 Å². The standard InChI is InChI=1S/C17H13Cl5N2O/c18-12-7-8-14(13(19)10-12)23-16(17(20,21)22)24-15(25)9-6-11-4-2-1-3-5-11/h1-10,16,23H,(H,24,25). The fourth-order valence-electron chi connectivity index (χ4n) is 1.89. The van der Waals surface area contributed by atoms with Crippen molar-refractivity contribution in [2.45, 2.75) is 9.96 Å². The number of carbonyl (C=O) groups is 1. The van der Waals surface area contributed by atoms with Crippen LogP contribution in [-0.2, 0) is 4.79 Å². The molecule has 0 saturated heterocycles. The van der Waals surface area contributed by atoms with Crippen molar-refractivity contribution in [2.75, 3.05) is 5.32 Å². The van der Waals surface area contributed by atoms with Crippen molar-refractivity contribution in [1.82, 2.24) is 5.32 Å². The molecule has 0 aromatic heterocycles. The van der Waals surface area contributed by atoms with Crippen LogP contribution in [0.1, 0.15) is 5.56 Å². The number of benzene rings is 2. The average molecular weight is 439 g/mol. The fourth-order valence-corrected chi connectivity index (χ4v) is 2.68. The van der Waals surface area contributed by atoms with Crippen LogP contribution in [0.3, 0.4) is 0 Å². The Bertz CT molecular complexity index is 759. The average Bonchev–Trinajstić information content (AvgIpc) is 2.54. The van der Waals surface area contributed by atoms with Gasteiger partial charge < -0.3 is 10.6 Å². The normalized spacial score (nSPS) is 12.8. The molecule has 1 unspecified atom stereocenters. The van der Waals surface area contributed by atoms with Gasteiger partial charge in [0.05, 0.1) is 10.7 Å². The van der Waals surface area contributed by atoms with Crippen molar-refractivity contribution in [3.05, 3.63) is 70.2 Å². The zero-order valence-corrected chi connectivity index (χ0v) is 16.4. The summed E-state index contributed by atoms with van der Waals surface area (Å²) in [6.45, 7) is 0. The van der Waals surface area contributed by atoms with Crippen molar-refractivity contribution < 1.29 is 4.79 Å². The molecule has 0 aliphatic heterocycles. The number of amides is 1. The lowest BCUT2D eigenvalue weighted by atomic mass is 10.2. The Morgan fingerprint density at radius 1 is 1.04 bits per heavy atom. The topological polar surface area (TPSA) is 41.1 Å². The number of carbonyl (C=O) groups excluding carboxylic acids is 1. The number of halogens is 5. The maximum atomic E-state index is 12.1. The molecule has 0 bridgehead atoms. The summed E-state index contributed by atoms with van der Waals surface area (Å²) in [5, 5.41) is 6.29. The third kappa shape index (κ3) is 6.61. The van der Waals surface area contributed by atoms with E-state index in [0.717, 1.165) is 5.56 Å². The molecule has 0 fully saturated rings. The third-order valence-electron chi connectivity index (χ3n) is 3.07. The summed E-state index contributed by atoms with van der Waals surface area (Å²) in [4.78, 5) is 12.1. The summed E-state index contributed by atoms with van der Waals surface area (Å²) >= 11 is 29.8. The van der Waals surface area contributed by atoms with Crippen LogP contribution in [0, 0.1) is 0 Å². The fraction of sp³-hybridized carbons (Fsp3) is 0.118. The van der Waals surface area contributed by atoms with Crippen LogP contribution in [0.4, 0.5) is 5.69 Å². The van der Waals surface area contributed by atoms with Crippen molar-refractivity contribution in [3.8, 4) is 0 Å². The minimum absolute atomic E-state index is 0.334. The molecule has 8 heteroatoms. The van der Waals surface area contributed by atoms with Crippen LogP contribution < -0.4 is 10.6 Å². The monoisotopic (exact) mass is 436 g/mol. The predicted molar refractivity (Wildman–Crippen MR) is 108 cm³/mol. The summed E-state index contributed by atoms with van der Waals surface area (Å²) in [5.74, 6) is -0.433. The van der Waals surface area contributed by atoms with E-state index in [1.165, 1.54) is 12.1 Å². The second kappa shape index (κ2) is 9.02. The van der Waals surface area contributed by atoms with Gasteiger partial charge in [0.25, 0.3) is 0 Å². The Labute approximate surface area is 170 Å². The van der Waals surface area contributed by atoms with Crippen molar-refractivity contribution in [3.63, 3.8) is 0 Å². The number of rotatable bonds is 5. The molecule has 0 saturated carbocycles. The molecule has 2 aromatic carbocycles. The molecule has 2 rings (SSSR count). The molecule has 3 nitrogen and oxygen atoms in total. The molecule has 2 aromatic rings. The van der Waals surface area contributed by atoms with Crippen LogP contribution in [0.2, 0.25) is 10.0 Å². The minimum atomic E-state index is -1.81. The smallest absolute Gasteiger partial charge is 0.245 e. The van der Waals surface area contributed by atoms with Crippen LogP contribution >= 0.6 is 58.0 Å². The molecule has 0 aliphatic rings. The first-order valence-electron chi connectivity index (χ1n) is 7.07. The third-order valence-corrected chi connectivity index (χ3v) is 4.27. The highest BCUT2D eigenvalue weighted by molar-refractivity contribution is 6.68. The van der Waals surface area contributed by atoms with E-state index >= 15 is 0 Å². The number of anilines is 1. The van der Waals surface area contributed by atoms with Crippen LogP contribution in [-0.4, -0.2) is 15.9 Å². The summed E-state index contributed by atoms with van der Waals surface area (Å²) in [5.41, 5.74) is 1.34. The van der Waals surface area contributed by atoms with Gasteiger partial charge in [0.15, 0.2) is 0 Å². The number of hydrogen-bond acceptors (Lipinski definition) is 2. The quantitative estimate of drug-likeness (QED) is 0.345. The van der Waals surface area contributed by atoms with Gasteiger partial charge in [0, 0.05) is 11.1 Å². The molecular formula is C17H13Cl5N2O. The maximum Gasteiger partial charge on any atom is 0.245 e. The zero-order chi connectivity index (χ0) is 18.4. The molecule has 0 heterocycles. The minimum Gasteiger partial charge on any atom is -0.361 e. The highest BCUT2D eigenvalue weighted by Crippen LogP contribution is 2.33. The molecule has 0 spiro atoms. The first-order valence-corrected chi connectivity index (χ1v) is 8.96. The van der Waals surface area contributed by atoms with Gasteiger partial charge in [-0.25, -0.2) is 0 Å². The van der Waals surface area contributed by atoms with E-state index in [0.29, 0.717) is 15.7 Å². The SMILES string of the molecule is O=C(C=Cc1ccccc1)NC(Nc1ccc(Cl)cc1Cl)C(Cl)(Cl)Cl. The lowest BCUT2D eigenvalue weighted by molar-refractivity contribution is -0.116. The molecule has 1 amide bonds. The van der Waals surface area contributed by atoms with Gasteiger partial charge in [-0.2, -0.15) is 0 Å². The van der Waals surface area contributed by atoms with E-state index in [1.54, 1.807) is 18.2 Å². The molecular weight excluding hydrogens is 425 g/mol. The van der Waals surface area contributed by atoms with Gasteiger partial charge in [-0.3, -0.25) is 4.79 Å². The molecule has 0 aliphatic carbocycles. The lowest BCUT2D eigenvalue weighted by Gasteiger charge is -2.27. The molecule has 2 N–H and O–H groups in total. The largest absolute Gasteiger partial charge is 0.361 e. The number of nitrogens with one attached hydrogen (secondary N) is 2. The van der Waals surface area contributed by atoms with Gasteiger partial charge >= 0.3 is 0 Å². The van der Waals surface area contributed by atoms with Gasteiger partial charge in [-0.05, 0) is 29.8 Å². The summed E-state index contributed by atoms with van der Waals surface area (Å²) < 4.78 is -1.81. The number of alkyl halides is 3. The molecule has 25 heavy (non-hydrogen) atoms. The highest BCUT2D eigenvalue weighted by Gasteiger charge is 2.34. The van der Waals surface area contributed by atoms with Crippen molar-refractivity contribution in [2.24, 2.45) is 0 Å². The van der Waals surface area contributed by atoms with Crippen LogP contribution in [0.25, 0.3) is 6.08 Å². The van der Waals surface area contributed by atoms with Gasteiger partial charge in [-0.1, -0.05) is 88.3 Å². The van der Waals surface area contributed by atoms with Crippen molar-refractivity contribution >= 4 is 75.7 Å². The van der Waals surface area contributed by atoms with Gasteiger partial charge in [0.2, 0.25) is 9.70 Å². The Morgan fingerprint density at radius 3 is 2.32 bits per heavy atom. The van der Waals surface area contributed by atoms with E-state index in [1.807, 2.05) is 30.3 Å². The second-order valence-electron chi connectivity index (χ2n) is 5.00. The Balaban J connectivity index is 2.10. The molecule has 132 valence electrons. The summed E-state index contributed by atoms with van der Waals surface area (Å²) in [7, 11) is 0. The first-order chi connectivity index (χ1) is 11.8. The maximum absolute atomic E-state index is 12.1. The Kier molecular flexibility index (Phi) is 7.29. The Hall–Kier alpha value is -1.10. The number of hydrogen-bond donors (Lipinski definition) is 2. The summed E-state index contributed by atoms with van der Waals surface area (Å²) in [6.07, 6.45) is 1.99. The molecule has 0 radical (unpaired) electrons. The Morgan fingerprint density at radius 2 is 1.72 bits per heavy atom. The highest BCUT2D eigenvalue weighted by atomic mass is 35.6. The van der Waals surface area contributed by atoms with E-state index in [-0.39, 0.29) is 0 Å². The van der Waals surface area contributed by atoms with E-state index in [4.69, 9.17) is 58.0 Å². The summed E-state index contributed by atoms with van der Waals surface area (Å²) in [6, 6.07) is 14.1. The van der Waals surface area contributed by atoms with Crippen molar-refractivity contribution in [1.29, 1.82) is 0 Å². The predicted octanol–water partition coefficient (Wildman–Crippen LogP) is 5.93. The van der Waals surface area contributed by atoms with E-state index in [9.17, 15) is 4.79 Å². The zero-order valence-electron chi connectivity index (χ0n) is 12.6. The van der Waals surface area contributed by atoms with Gasteiger partial charge in [-0.15, -0.1) is 0 Å². The second-order valence-corrected chi connectivity index (χ2v) is 8.21. The first kappa shape index (κ1) is 20.2. The molecule has 1 atom stereocenters.